The molecule has 122 valence electrons. The first-order chi connectivity index (χ1) is 10.7. The molecule has 0 aliphatic heterocycles. The second-order valence-electron chi connectivity index (χ2n) is 5.07. The number of benzene rings is 2. The number of rotatable bonds is 5. The summed E-state index contributed by atoms with van der Waals surface area (Å²) in [6.45, 7) is 3.33. The van der Waals surface area contributed by atoms with Crippen molar-refractivity contribution in [3.05, 3.63) is 59.1 Å². The minimum Gasteiger partial charge on any atom is -0.279 e. The van der Waals surface area contributed by atoms with Crippen molar-refractivity contribution < 1.29 is 13.2 Å². The molecular weight excluding hydrogens is 357 g/mol. The van der Waals surface area contributed by atoms with E-state index in [0.29, 0.717) is 10.7 Å². The summed E-state index contributed by atoms with van der Waals surface area (Å²) < 4.78 is 26.9. The molecule has 0 radical (unpaired) electrons. The maximum absolute atomic E-state index is 12.9. The SMILES string of the molecule is Cc1ccc(N(C(C)C(=O)Cl)S(=O)(=O)c2ccc(Cl)cc2)cc1. The highest BCUT2D eigenvalue weighted by molar-refractivity contribution is 7.93. The Balaban J connectivity index is 2.58. The van der Waals surface area contributed by atoms with E-state index < -0.39 is 21.3 Å². The maximum Gasteiger partial charge on any atom is 0.265 e. The summed E-state index contributed by atoms with van der Waals surface area (Å²) in [5, 5.41) is -0.338. The molecule has 2 aromatic carbocycles. The van der Waals surface area contributed by atoms with Gasteiger partial charge in [0, 0.05) is 5.02 Å². The quantitative estimate of drug-likeness (QED) is 0.746. The molecule has 0 saturated heterocycles. The minimum absolute atomic E-state index is 0.0345. The molecule has 0 spiro atoms. The van der Waals surface area contributed by atoms with E-state index in [-0.39, 0.29) is 4.90 Å². The zero-order valence-corrected chi connectivity index (χ0v) is 14.9. The summed E-state index contributed by atoms with van der Waals surface area (Å²) in [6.07, 6.45) is 0. The summed E-state index contributed by atoms with van der Waals surface area (Å²) in [5.74, 6) is 0. The molecule has 0 N–H and O–H groups in total. The molecule has 2 aromatic rings. The Hall–Kier alpha value is -1.56. The van der Waals surface area contributed by atoms with Gasteiger partial charge in [-0.1, -0.05) is 29.3 Å². The number of halogens is 2. The van der Waals surface area contributed by atoms with Gasteiger partial charge in [-0.15, -0.1) is 0 Å². The molecule has 23 heavy (non-hydrogen) atoms. The minimum atomic E-state index is -3.96. The van der Waals surface area contributed by atoms with Crippen molar-refractivity contribution >= 4 is 44.2 Å². The lowest BCUT2D eigenvalue weighted by atomic mass is 10.2. The van der Waals surface area contributed by atoms with E-state index in [9.17, 15) is 13.2 Å². The molecule has 7 heteroatoms. The van der Waals surface area contributed by atoms with Crippen molar-refractivity contribution in [3.8, 4) is 0 Å². The molecular formula is C16H15Cl2NO3S. The molecule has 1 atom stereocenters. The summed E-state index contributed by atoms with van der Waals surface area (Å²) in [5.41, 5.74) is 1.34. The Morgan fingerprint density at radius 3 is 2.04 bits per heavy atom. The van der Waals surface area contributed by atoms with Crippen LogP contribution in [0.2, 0.25) is 5.02 Å². The van der Waals surface area contributed by atoms with Gasteiger partial charge in [-0.25, -0.2) is 8.42 Å². The standard InChI is InChI=1S/C16H15Cl2NO3S/c1-11-3-7-14(8-4-11)19(12(2)16(18)20)23(21,22)15-9-5-13(17)6-10-15/h3-10,12H,1-2H3. The second-order valence-corrected chi connectivity index (χ2v) is 7.69. The number of hydrogen-bond acceptors (Lipinski definition) is 3. The Bertz CT molecular complexity index is 802. The van der Waals surface area contributed by atoms with Gasteiger partial charge in [-0.2, -0.15) is 0 Å². The molecule has 0 amide bonds. The van der Waals surface area contributed by atoms with Gasteiger partial charge < -0.3 is 0 Å². The summed E-state index contributed by atoms with van der Waals surface area (Å²) in [6, 6.07) is 11.5. The first-order valence-electron chi connectivity index (χ1n) is 6.79. The van der Waals surface area contributed by atoms with Gasteiger partial charge in [-0.05, 0) is 61.8 Å². The van der Waals surface area contributed by atoms with Crippen LogP contribution in [0, 0.1) is 6.92 Å². The van der Waals surface area contributed by atoms with E-state index in [2.05, 4.69) is 0 Å². The fourth-order valence-corrected chi connectivity index (χ4v) is 3.97. The molecule has 0 aromatic heterocycles. The first-order valence-corrected chi connectivity index (χ1v) is 8.99. The van der Waals surface area contributed by atoms with Crippen LogP contribution in [-0.2, 0) is 14.8 Å². The van der Waals surface area contributed by atoms with Crippen molar-refractivity contribution in [1.29, 1.82) is 0 Å². The maximum atomic E-state index is 12.9. The lowest BCUT2D eigenvalue weighted by Gasteiger charge is -2.28. The molecule has 0 aliphatic carbocycles. The van der Waals surface area contributed by atoms with Crippen LogP contribution in [0.1, 0.15) is 12.5 Å². The van der Waals surface area contributed by atoms with Gasteiger partial charge in [0.2, 0.25) is 5.24 Å². The summed E-state index contributed by atoms with van der Waals surface area (Å²) in [4.78, 5) is 11.6. The highest BCUT2D eigenvalue weighted by atomic mass is 35.5. The van der Waals surface area contributed by atoms with Crippen molar-refractivity contribution in [3.63, 3.8) is 0 Å². The molecule has 0 fully saturated rings. The van der Waals surface area contributed by atoms with Gasteiger partial charge in [0.15, 0.2) is 0 Å². The van der Waals surface area contributed by atoms with Crippen LogP contribution in [-0.4, -0.2) is 19.7 Å². The molecule has 0 bridgehead atoms. The van der Waals surface area contributed by atoms with Gasteiger partial charge in [-0.3, -0.25) is 9.10 Å². The zero-order chi connectivity index (χ0) is 17.2. The fraction of sp³-hybridized carbons (Fsp3) is 0.188. The van der Waals surface area contributed by atoms with E-state index in [0.717, 1.165) is 9.87 Å². The Kier molecular flexibility index (Phi) is 5.34. The van der Waals surface area contributed by atoms with Crippen LogP contribution in [0.25, 0.3) is 0 Å². The van der Waals surface area contributed by atoms with Crippen molar-refractivity contribution in [2.45, 2.75) is 24.8 Å². The Labute approximate surface area is 145 Å². The highest BCUT2D eigenvalue weighted by Gasteiger charge is 2.32. The lowest BCUT2D eigenvalue weighted by molar-refractivity contribution is -0.112. The number of hydrogen-bond donors (Lipinski definition) is 0. The van der Waals surface area contributed by atoms with E-state index >= 15 is 0 Å². The molecule has 0 aliphatic rings. The van der Waals surface area contributed by atoms with Gasteiger partial charge >= 0.3 is 0 Å². The molecule has 4 nitrogen and oxygen atoms in total. The van der Waals surface area contributed by atoms with E-state index in [1.165, 1.54) is 31.2 Å². The fourth-order valence-electron chi connectivity index (χ4n) is 2.07. The number of carbonyl (C=O) groups is 1. The highest BCUT2D eigenvalue weighted by Crippen LogP contribution is 2.28. The number of anilines is 1. The van der Waals surface area contributed by atoms with Crippen LogP contribution in [0.15, 0.2) is 53.4 Å². The third kappa shape index (κ3) is 3.86. The largest absolute Gasteiger partial charge is 0.279 e. The van der Waals surface area contributed by atoms with Crippen molar-refractivity contribution in [2.24, 2.45) is 0 Å². The first kappa shape index (κ1) is 17.8. The van der Waals surface area contributed by atoms with E-state index in [1.54, 1.807) is 24.3 Å². The van der Waals surface area contributed by atoms with E-state index in [1.807, 2.05) is 6.92 Å². The van der Waals surface area contributed by atoms with Gasteiger partial charge in [0.25, 0.3) is 10.0 Å². The average molecular weight is 372 g/mol. The van der Waals surface area contributed by atoms with Crippen LogP contribution < -0.4 is 4.31 Å². The third-order valence-electron chi connectivity index (χ3n) is 3.34. The van der Waals surface area contributed by atoms with Crippen LogP contribution in [0.4, 0.5) is 5.69 Å². The topological polar surface area (TPSA) is 54.5 Å². The van der Waals surface area contributed by atoms with E-state index in [4.69, 9.17) is 23.2 Å². The number of nitrogens with zero attached hydrogens (tertiary/aromatic N) is 1. The second kappa shape index (κ2) is 6.91. The van der Waals surface area contributed by atoms with Crippen molar-refractivity contribution in [2.75, 3.05) is 4.31 Å². The molecule has 2 rings (SSSR count). The van der Waals surface area contributed by atoms with Crippen LogP contribution in [0.5, 0.6) is 0 Å². The monoisotopic (exact) mass is 371 g/mol. The molecule has 0 heterocycles. The summed E-state index contributed by atoms with van der Waals surface area (Å²) >= 11 is 11.4. The van der Waals surface area contributed by atoms with Crippen molar-refractivity contribution in [1.82, 2.24) is 0 Å². The molecule has 0 saturated carbocycles. The summed E-state index contributed by atoms with van der Waals surface area (Å²) in [7, 11) is -3.96. The smallest absolute Gasteiger partial charge is 0.265 e. The molecule has 1 unspecified atom stereocenters. The number of carbonyl (C=O) groups excluding carboxylic acids is 1. The Morgan fingerprint density at radius 2 is 1.57 bits per heavy atom. The number of sulfonamides is 1. The predicted molar refractivity (Wildman–Crippen MR) is 92.6 cm³/mol. The lowest BCUT2D eigenvalue weighted by Crippen LogP contribution is -2.42. The zero-order valence-electron chi connectivity index (χ0n) is 12.5. The van der Waals surface area contributed by atoms with Crippen LogP contribution in [0.3, 0.4) is 0 Å². The predicted octanol–water partition coefficient (Wildman–Crippen LogP) is 4.00. The third-order valence-corrected chi connectivity index (χ3v) is 5.82. The van der Waals surface area contributed by atoms with Gasteiger partial charge in [0.1, 0.15) is 6.04 Å². The van der Waals surface area contributed by atoms with Gasteiger partial charge in [0.05, 0.1) is 10.6 Å². The average Bonchev–Trinajstić information content (AvgIpc) is 2.49. The number of aryl methyl sites for hydroxylation is 1. The Morgan fingerprint density at radius 1 is 1.04 bits per heavy atom. The normalized spacial score (nSPS) is 12.7. The van der Waals surface area contributed by atoms with Crippen LogP contribution >= 0.6 is 23.2 Å².